The summed E-state index contributed by atoms with van der Waals surface area (Å²) in [5.74, 6) is 0. The topological polar surface area (TPSA) is 0 Å². The molecule has 0 spiro atoms. The van der Waals surface area contributed by atoms with E-state index in [1.54, 1.807) is 0 Å². The first-order valence-corrected chi connectivity index (χ1v) is 0. The molecule has 0 amide bonds. The molecule has 0 atom stereocenters. The van der Waals surface area contributed by atoms with E-state index in [1.165, 1.54) is 0 Å². The molecule has 0 heterocycles. The normalized spacial score (nSPS) is 0. The Morgan fingerprint density at radius 2 is 0.400 bits per heavy atom. The average molecular weight is 390 g/mol. The van der Waals surface area contributed by atoms with Crippen molar-refractivity contribution < 1.29 is 26.2 Å². The second-order valence-electron chi connectivity index (χ2n) is 0. The van der Waals surface area contributed by atoms with Gasteiger partial charge in [0, 0.05) is 0 Å². The first-order valence-electron chi connectivity index (χ1n) is 0. The van der Waals surface area contributed by atoms with E-state index in [1.807, 2.05) is 0 Å². The number of hydrogen-bond acceptors (Lipinski definition) is 0. The third-order valence-corrected chi connectivity index (χ3v) is 0. The van der Waals surface area contributed by atoms with Crippen LogP contribution in [-0.4, -0.2) is 70.4 Å². The van der Waals surface area contributed by atoms with Gasteiger partial charge in [-0.25, -0.2) is 0 Å². The van der Waals surface area contributed by atoms with Gasteiger partial charge in [-0.2, -0.15) is 0 Å². The Labute approximate surface area is 95.0 Å². The molecule has 0 aliphatic rings. The average Bonchev–Trinajstić information content (AvgIpc) is 0. The first-order chi connectivity index (χ1) is 0. The van der Waals surface area contributed by atoms with Crippen molar-refractivity contribution in [2.75, 3.05) is 0 Å². The third kappa shape index (κ3) is 19.3. The van der Waals surface area contributed by atoms with Gasteiger partial charge in [0.05, 0.1) is 0 Å². The minimum absolute atomic E-state index is 0. The molecule has 0 saturated heterocycles. The minimum Gasteiger partial charge on any atom is 4.00 e. The van der Waals surface area contributed by atoms with Crippen LogP contribution in [0.5, 0.6) is 0 Å². The van der Waals surface area contributed by atoms with Crippen LogP contribution < -0.4 is 0 Å². The van der Waals surface area contributed by atoms with Gasteiger partial charge in [-0.3, -0.25) is 0 Å². The van der Waals surface area contributed by atoms with Crippen LogP contribution in [0.25, 0.3) is 0 Å². The van der Waals surface area contributed by atoms with Crippen molar-refractivity contribution in [3.8, 4) is 0 Å². The quantitative estimate of drug-likeness (QED) is 0.375. The van der Waals surface area contributed by atoms with Gasteiger partial charge in [-0.05, 0) is 0 Å². The molecule has 28 valence electrons. The van der Waals surface area contributed by atoms with Crippen LogP contribution in [0.15, 0.2) is 0 Å². The van der Waals surface area contributed by atoms with E-state index in [9.17, 15) is 0 Å². The monoisotopic (exact) mass is 394 g/mol. The second-order valence-corrected chi connectivity index (χ2v) is 0. The fourth-order valence-corrected chi connectivity index (χ4v) is 0. The van der Waals surface area contributed by atoms with Gasteiger partial charge < -0.3 is 0 Å². The van der Waals surface area contributed by atoms with Crippen molar-refractivity contribution in [2.24, 2.45) is 0 Å². The zero-order valence-electron chi connectivity index (χ0n) is 3.33. The Morgan fingerprint density at radius 3 is 0.400 bits per heavy atom. The molecule has 0 aromatic carbocycles. The Bertz CT molecular complexity index is 3.61. The molecule has 4 radical (unpaired) electrons. The van der Waals surface area contributed by atoms with E-state index < -0.39 is 0 Å². The summed E-state index contributed by atoms with van der Waals surface area (Å²) in [5.41, 5.74) is 0. The fourth-order valence-electron chi connectivity index (χ4n) is 0. The number of rotatable bonds is 0. The van der Waals surface area contributed by atoms with E-state index in [2.05, 4.69) is 0 Å². The molecule has 0 saturated carbocycles. The summed E-state index contributed by atoms with van der Waals surface area (Å²) in [6, 6.07) is 0. The first kappa shape index (κ1) is 43.0. The molecule has 0 aliphatic carbocycles. The van der Waals surface area contributed by atoms with E-state index in [4.69, 9.17) is 0 Å². The Hall–Kier alpha value is 3.05. The molecule has 0 aromatic rings. The summed E-state index contributed by atoms with van der Waals surface area (Å²) in [4.78, 5) is 0. The molecule has 0 rings (SSSR count). The Balaban J connectivity index is 0. The fraction of sp³-hybridized carbons (Fsp3) is 0. The van der Waals surface area contributed by atoms with Crippen LogP contribution in [0, 0.1) is 0 Å². The molecule has 0 unspecified atom stereocenters. The molecule has 0 bridgehead atoms. The summed E-state index contributed by atoms with van der Waals surface area (Å²) in [5, 5.41) is 0. The summed E-state index contributed by atoms with van der Waals surface area (Å²) in [6.07, 6.45) is 0. The van der Waals surface area contributed by atoms with Gasteiger partial charge in [0.25, 0.3) is 0 Å². The van der Waals surface area contributed by atoms with E-state index in [0.29, 0.717) is 0 Å². The standard InChI is InChI=1S/4GeH2.Zr/h4*1H2;/q4*-1;+4. The van der Waals surface area contributed by atoms with Gasteiger partial charge in [-0.1, -0.05) is 0 Å². The largest absolute Gasteiger partial charge is 4.00 e. The SMILES string of the molecule is [GeH2-].[GeH2-].[GeH2-].[GeH2-].[Zr+4]. The van der Waals surface area contributed by atoms with E-state index in [-0.39, 0.29) is 96.6 Å². The van der Waals surface area contributed by atoms with Gasteiger partial charge >= 0.3 is 96.6 Å². The molecule has 0 aliphatic heterocycles. The predicted octanol–water partition coefficient (Wildman–Crippen LogP) is -3.67. The van der Waals surface area contributed by atoms with E-state index in [0.717, 1.165) is 0 Å². The zero-order valence-corrected chi connectivity index (χ0v) is 17.7. The maximum atomic E-state index is 0. The minimum atomic E-state index is 0. The van der Waals surface area contributed by atoms with Crippen LogP contribution in [0.2, 0.25) is 0 Å². The van der Waals surface area contributed by atoms with Crippen LogP contribution in [0.1, 0.15) is 0 Å². The molecule has 0 fully saturated rings. The van der Waals surface area contributed by atoms with Crippen molar-refractivity contribution >= 4 is 70.4 Å². The van der Waals surface area contributed by atoms with Gasteiger partial charge in [0.2, 0.25) is 0 Å². The van der Waals surface area contributed by atoms with Crippen LogP contribution in [0.3, 0.4) is 0 Å². The number of hydrogen-bond donors (Lipinski definition) is 0. The predicted molar refractivity (Wildman–Crippen MR) is 34.2 cm³/mol. The zero-order chi connectivity index (χ0) is 0. The molecule has 0 N–H and O–H groups in total. The van der Waals surface area contributed by atoms with Crippen molar-refractivity contribution in [1.29, 1.82) is 0 Å². The van der Waals surface area contributed by atoms with Crippen LogP contribution in [0.4, 0.5) is 0 Å². The summed E-state index contributed by atoms with van der Waals surface area (Å²) >= 11 is 0. The van der Waals surface area contributed by atoms with Crippen molar-refractivity contribution in [3.05, 3.63) is 0 Å². The van der Waals surface area contributed by atoms with Gasteiger partial charge in [-0.15, -0.1) is 0 Å². The second kappa shape index (κ2) is 27.7. The molecule has 0 aromatic heterocycles. The van der Waals surface area contributed by atoms with Crippen LogP contribution >= 0.6 is 0 Å². The summed E-state index contributed by atoms with van der Waals surface area (Å²) in [7, 11) is 0. The Morgan fingerprint density at radius 1 is 0.400 bits per heavy atom. The van der Waals surface area contributed by atoms with E-state index >= 15 is 0 Å². The molecule has 5 heavy (non-hydrogen) atoms. The molecular formula is H8Ge4Zr. The van der Waals surface area contributed by atoms with Crippen molar-refractivity contribution in [3.63, 3.8) is 0 Å². The molecule has 5 heteroatoms. The van der Waals surface area contributed by atoms with Crippen LogP contribution in [-0.2, 0) is 26.2 Å². The van der Waals surface area contributed by atoms with Gasteiger partial charge in [0.1, 0.15) is 0 Å². The maximum Gasteiger partial charge on any atom is 4.00 e. The Kier molecular flexibility index (Phi) is 238. The van der Waals surface area contributed by atoms with Crippen molar-refractivity contribution in [1.82, 2.24) is 0 Å². The summed E-state index contributed by atoms with van der Waals surface area (Å²) < 4.78 is 0. The molecular weight excluding hydrogens is 382 g/mol. The molecule has 0 nitrogen and oxygen atoms in total. The maximum absolute atomic E-state index is 0. The third-order valence-electron chi connectivity index (χ3n) is 0. The van der Waals surface area contributed by atoms with Gasteiger partial charge in [0.15, 0.2) is 0 Å². The summed E-state index contributed by atoms with van der Waals surface area (Å²) in [6.45, 7) is 0. The smallest absolute Gasteiger partial charge is 4.00 e. The van der Waals surface area contributed by atoms with Crippen molar-refractivity contribution in [2.45, 2.75) is 0 Å².